The number of nitrogens with one attached hydrogen (secondary N) is 2. The molecule has 3 N–H and O–H groups in total. The summed E-state index contributed by atoms with van der Waals surface area (Å²) in [6, 6.07) is 4.42. The number of amides is 2. The van der Waals surface area contributed by atoms with Crippen LogP contribution in [-0.4, -0.2) is 56.7 Å². The van der Waals surface area contributed by atoms with Crippen LogP contribution in [0, 0.1) is 0 Å². The molecule has 0 unspecified atom stereocenters. The van der Waals surface area contributed by atoms with Crippen LogP contribution < -0.4 is 10.6 Å². The number of aromatic nitrogens is 3. The van der Waals surface area contributed by atoms with Gasteiger partial charge in [0.05, 0.1) is 37.4 Å². The van der Waals surface area contributed by atoms with Gasteiger partial charge in [0.1, 0.15) is 12.4 Å². The van der Waals surface area contributed by atoms with E-state index in [1.54, 1.807) is 36.5 Å². The monoisotopic (exact) mass is 383 g/mol. The molecule has 3 heterocycles. The van der Waals surface area contributed by atoms with Gasteiger partial charge in [-0.2, -0.15) is 0 Å². The second kappa shape index (κ2) is 9.67. The number of aliphatic hydroxyl groups excluding tert-OH is 1. The van der Waals surface area contributed by atoms with E-state index in [1.165, 1.54) is 18.7 Å². The lowest BCUT2D eigenvalue weighted by Crippen LogP contribution is -2.49. The van der Waals surface area contributed by atoms with Crippen LogP contribution in [-0.2, 0) is 16.1 Å². The van der Waals surface area contributed by atoms with Crippen molar-refractivity contribution in [3.63, 3.8) is 0 Å². The molecule has 9 nitrogen and oxygen atoms in total. The Labute approximate surface area is 161 Å². The van der Waals surface area contributed by atoms with Gasteiger partial charge < -0.3 is 20.5 Å². The molecule has 2 aromatic rings. The highest BCUT2D eigenvalue weighted by atomic mass is 16.5. The largest absolute Gasteiger partial charge is 0.394 e. The average Bonchev–Trinajstić information content (AvgIpc) is 2.74. The van der Waals surface area contributed by atoms with Crippen LogP contribution in [0.4, 0.5) is 0 Å². The minimum Gasteiger partial charge on any atom is -0.394 e. The zero-order chi connectivity index (χ0) is 19.8. The first-order chi connectivity index (χ1) is 13.7. The van der Waals surface area contributed by atoms with Crippen LogP contribution in [0.2, 0.25) is 0 Å². The Morgan fingerprint density at radius 2 is 1.89 bits per heavy atom. The van der Waals surface area contributed by atoms with E-state index in [0.29, 0.717) is 17.8 Å². The Hall–Kier alpha value is -3.17. The first kappa shape index (κ1) is 19.6. The van der Waals surface area contributed by atoms with Crippen molar-refractivity contribution in [3.05, 3.63) is 66.5 Å². The normalized spacial score (nSPS) is 21.1. The summed E-state index contributed by atoms with van der Waals surface area (Å²) in [5, 5.41) is 15.2. The van der Waals surface area contributed by atoms with Crippen molar-refractivity contribution in [2.45, 2.75) is 31.2 Å². The first-order valence-corrected chi connectivity index (χ1v) is 8.83. The number of nitrogens with zero attached hydrogens (tertiary/aromatic N) is 3. The summed E-state index contributed by atoms with van der Waals surface area (Å²) >= 11 is 0. The van der Waals surface area contributed by atoms with Gasteiger partial charge in [-0.1, -0.05) is 12.2 Å². The van der Waals surface area contributed by atoms with Gasteiger partial charge >= 0.3 is 0 Å². The Balaban J connectivity index is 1.52. The molecule has 146 valence electrons. The summed E-state index contributed by atoms with van der Waals surface area (Å²) in [6.07, 6.45) is 8.51. The zero-order valence-corrected chi connectivity index (χ0v) is 15.1. The second-order valence-electron chi connectivity index (χ2n) is 6.20. The van der Waals surface area contributed by atoms with Crippen LogP contribution in [0.3, 0.4) is 0 Å². The quantitative estimate of drug-likeness (QED) is 0.574. The number of hydrogen-bond acceptors (Lipinski definition) is 7. The van der Waals surface area contributed by atoms with Crippen molar-refractivity contribution in [2.75, 3.05) is 6.61 Å². The highest BCUT2D eigenvalue weighted by Crippen LogP contribution is 2.16. The lowest BCUT2D eigenvalue weighted by molar-refractivity contribution is -0.125. The molecule has 0 saturated heterocycles. The van der Waals surface area contributed by atoms with E-state index < -0.39 is 18.2 Å². The molecule has 9 heteroatoms. The molecule has 28 heavy (non-hydrogen) atoms. The highest BCUT2D eigenvalue weighted by molar-refractivity contribution is 5.94. The molecule has 1 aliphatic heterocycles. The van der Waals surface area contributed by atoms with Gasteiger partial charge in [0.15, 0.2) is 0 Å². The smallest absolute Gasteiger partial charge is 0.251 e. The van der Waals surface area contributed by atoms with Crippen molar-refractivity contribution < 1.29 is 19.4 Å². The van der Waals surface area contributed by atoms with Crippen molar-refractivity contribution >= 4 is 11.8 Å². The van der Waals surface area contributed by atoms with Crippen LogP contribution in [0.15, 0.2) is 55.3 Å². The van der Waals surface area contributed by atoms with Gasteiger partial charge in [-0.15, -0.1) is 0 Å². The summed E-state index contributed by atoms with van der Waals surface area (Å²) < 4.78 is 5.76. The highest BCUT2D eigenvalue weighted by Gasteiger charge is 2.29. The molecule has 0 spiro atoms. The maximum Gasteiger partial charge on any atom is 0.251 e. The number of rotatable bonds is 7. The van der Waals surface area contributed by atoms with Crippen LogP contribution in [0.25, 0.3) is 0 Å². The standard InChI is InChI=1S/C19H21N5O4/c25-11-17-16(24-19(27)13-3-6-20-7-4-13)2-1-15(28-17)9-18(26)22-10-14-5-8-21-12-23-14/h1-8,12,15-17,25H,9-11H2,(H,22,26)(H,24,27)/t15-,16+,17+/m0/s1. The zero-order valence-electron chi connectivity index (χ0n) is 15.1. The topological polar surface area (TPSA) is 126 Å². The van der Waals surface area contributed by atoms with E-state index >= 15 is 0 Å². The summed E-state index contributed by atoms with van der Waals surface area (Å²) in [5.74, 6) is -0.496. The number of pyridine rings is 1. The second-order valence-corrected chi connectivity index (χ2v) is 6.20. The molecule has 0 aromatic carbocycles. The van der Waals surface area contributed by atoms with Gasteiger partial charge in [0.2, 0.25) is 5.91 Å². The van der Waals surface area contributed by atoms with Gasteiger partial charge in [0, 0.05) is 24.2 Å². The minimum atomic E-state index is -0.643. The van der Waals surface area contributed by atoms with Crippen molar-refractivity contribution in [1.29, 1.82) is 0 Å². The fraction of sp³-hybridized carbons (Fsp3) is 0.316. The predicted octanol–water partition coefficient (Wildman–Crippen LogP) is -0.00760. The van der Waals surface area contributed by atoms with E-state index in [0.717, 1.165) is 0 Å². The number of aliphatic hydroxyl groups is 1. The lowest BCUT2D eigenvalue weighted by Gasteiger charge is -2.31. The number of carbonyl (C=O) groups is 2. The Kier molecular flexibility index (Phi) is 6.77. The van der Waals surface area contributed by atoms with Gasteiger partial charge in [0.25, 0.3) is 5.91 Å². The fourth-order valence-electron chi connectivity index (χ4n) is 2.74. The molecule has 3 rings (SSSR count). The molecule has 0 aliphatic carbocycles. The molecule has 3 atom stereocenters. The summed E-state index contributed by atoms with van der Waals surface area (Å²) in [5.41, 5.74) is 1.17. The lowest BCUT2D eigenvalue weighted by atomic mass is 10.0. The SMILES string of the molecule is O=C(C[C@@H]1C=C[C@@H](NC(=O)c2ccncc2)[C@@H](CO)O1)NCc1ccncn1. The predicted molar refractivity (Wildman–Crippen MR) is 98.9 cm³/mol. The molecule has 0 bridgehead atoms. The van der Waals surface area contributed by atoms with E-state index in [9.17, 15) is 14.7 Å². The van der Waals surface area contributed by atoms with Crippen molar-refractivity contribution in [2.24, 2.45) is 0 Å². The molecule has 0 radical (unpaired) electrons. The number of hydrogen-bond donors (Lipinski definition) is 3. The third-order valence-electron chi connectivity index (χ3n) is 4.20. The number of ether oxygens (including phenoxy) is 1. The average molecular weight is 383 g/mol. The van der Waals surface area contributed by atoms with Crippen LogP contribution >= 0.6 is 0 Å². The summed E-state index contributed by atoms with van der Waals surface area (Å²) in [7, 11) is 0. The van der Waals surface area contributed by atoms with E-state index in [-0.39, 0.29) is 24.8 Å². The van der Waals surface area contributed by atoms with E-state index in [1.807, 2.05) is 0 Å². The van der Waals surface area contributed by atoms with Crippen LogP contribution in [0.1, 0.15) is 22.5 Å². The van der Waals surface area contributed by atoms with Crippen molar-refractivity contribution in [1.82, 2.24) is 25.6 Å². The Morgan fingerprint density at radius 1 is 1.11 bits per heavy atom. The fourth-order valence-corrected chi connectivity index (χ4v) is 2.74. The molecule has 1 aliphatic rings. The maximum atomic E-state index is 12.3. The molecule has 0 saturated carbocycles. The Morgan fingerprint density at radius 3 is 2.61 bits per heavy atom. The van der Waals surface area contributed by atoms with E-state index in [4.69, 9.17) is 4.74 Å². The third-order valence-corrected chi connectivity index (χ3v) is 4.20. The first-order valence-electron chi connectivity index (χ1n) is 8.83. The van der Waals surface area contributed by atoms with Gasteiger partial charge in [-0.05, 0) is 18.2 Å². The Bertz CT molecular complexity index is 816. The molecule has 0 fully saturated rings. The number of carbonyl (C=O) groups excluding carboxylic acids is 2. The summed E-state index contributed by atoms with van der Waals surface area (Å²) in [6.45, 7) is 0.0104. The molecule has 2 aromatic heterocycles. The minimum absolute atomic E-state index is 0.100. The van der Waals surface area contributed by atoms with Gasteiger partial charge in [-0.3, -0.25) is 14.6 Å². The van der Waals surface area contributed by atoms with Gasteiger partial charge in [-0.25, -0.2) is 9.97 Å². The molecule has 2 amide bonds. The van der Waals surface area contributed by atoms with Crippen LogP contribution in [0.5, 0.6) is 0 Å². The van der Waals surface area contributed by atoms with Crippen molar-refractivity contribution in [3.8, 4) is 0 Å². The third kappa shape index (κ3) is 5.41. The maximum absolute atomic E-state index is 12.3. The molecular weight excluding hydrogens is 362 g/mol. The summed E-state index contributed by atoms with van der Waals surface area (Å²) in [4.78, 5) is 36.1. The molecular formula is C19H21N5O4. The van der Waals surface area contributed by atoms with E-state index in [2.05, 4.69) is 25.6 Å².